The van der Waals surface area contributed by atoms with Crippen LogP contribution in [0.25, 0.3) is 151 Å². The maximum atomic E-state index is 5.46. The van der Waals surface area contributed by atoms with Crippen molar-refractivity contribution in [2.75, 3.05) is 0 Å². The number of rotatable bonds is 9. The number of para-hydroxylation sites is 5. The standard InChI is InChI=1S/C72H45N9/c1-6-24-46(25-7-1)67-73-68(47-26-8-2-9-27-47)76-71(75-67)57-42-55-56-43-58(72-77-69(48-28-10-3-11-29-48)74-70(78-72)49-30-12-4-13-31-49)66(81-61-40-22-18-36-53(61)54-37-19-23-41-62(54)81)45-64(56)79(50-32-14-5-15-33-50)63(55)44-65(57)80-59-38-20-16-34-51(59)52-35-17-21-39-60(52)80/h1-45H. The molecular formula is C72H45N9. The van der Waals surface area contributed by atoms with Crippen LogP contribution in [0.15, 0.2) is 273 Å². The largest absolute Gasteiger partial charge is 0.309 e. The molecule has 0 aliphatic heterocycles. The summed E-state index contributed by atoms with van der Waals surface area (Å²) in [6, 6.07) is 95.3. The van der Waals surface area contributed by atoms with Crippen LogP contribution in [0.4, 0.5) is 0 Å². The van der Waals surface area contributed by atoms with Crippen LogP contribution in [-0.4, -0.2) is 43.6 Å². The molecule has 378 valence electrons. The van der Waals surface area contributed by atoms with Gasteiger partial charge >= 0.3 is 0 Å². The fourth-order valence-corrected chi connectivity index (χ4v) is 11.9. The highest BCUT2D eigenvalue weighted by atomic mass is 15.1. The lowest BCUT2D eigenvalue weighted by Crippen LogP contribution is -2.04. The van der Waals surface area contributed by atoms with Gasteiger partial charge in [-0.15, -0.1) is 0 Å². The molecule has 0 atom stereocenters. The van der Waals surface area contributed by atoms with Gasteiger partial charge in [-0.25, -0.2) is 29.9 Å². The second-order valence-corrected chi connectivity index (χ2v) is 20.3. The molecule has 16 aromatic rings. The summed E-state index contributed by atoms with van der Waals surface area (Å²) >= 11 is 0. The zero-order valence-corrected chi connectivity index (χ0v) is 43.5. The highest BCUT2D eigenvalue weighted by Crippen LogP contribution is 2.45. The maximum Gasteiger partial charge on any atom is 0.166 e. The first-order valence-electron chi connectivity index (χ1n) is 27.1. The summed E-state index contributed by atoms with van der Waals surface area (Å²) < 4.78 is 7.18. The van der Waals surface area contributed by atoms with Crippen molar-refractivity contribution in [3.63, 3.8) is 0 Å². The highest BCUT2D eigenvalue weighted by Gasteiger charge is 2.27. The number of nitrogens with zero attached hydrogens (tertiary/aromatic N) is 9. The molecule has 0 radical (unpaired) electrons. The first-order chi connectivity index (χ1) is 40.2. The van der Waals surface area contributed by atoms with E-state index in [1.165, 1.54) is 0 Å². The molecule has 9 heteroatoms. The SMILES string of the molecule is c1ccc(-c2nc(-c3ccccc3)nc(-c3cc4c5cc(-c6nc(-c7ccccc7)nc(-c7ccccc7)n6)c(-n6c7ccccc7c7ccccc76)cc5n(-c5ccccc5)c4cc3-n3c4ccccc4c4ccccc43)n2)cc1. The topological polar surface area (TPSA) is 92.1 Å². The van der Waals surface area contributed by atoms with E-state index < -0.39 is 0 Å². The minimum Gasteiger partial charge on any atom is -0.309 e. The molecule has 9 nitrogen and oxygen atoms in total. The van der Waals surface area contributed by atoms with Gasteiger partial charge in [0.25, 0.3) is 0 Å². The first kappa shape index (κ1) is 46.0. The Hall–Kier alpha value is -11.2. The van der Waals surface area contributed by atoms with E-state index in [9.17, 15) is 0 Å². The van der Waals surface area contributed by atoms with E-state index in [1.54, 1.807) is 0 Å². The third-order valence-electron chi connectivity index (χ3n) is 15.5. The number of hydrogen-bond acceptors (Lipinski definition) is 6. The number of aromatic nitrogens is 9. The predicted octanol–water partition coefficient (Wildman–Crippen LogP) is 17.3. The molecule has 0 saturated carbocycles. The second-order valence-electron chi connectivity index (χ2n) is 20.3. The van der Waals surface area contributed by atoms with Gasteiger partial charge < -0.3 is 13.7 Å². The van der Waals surface area contributed by atoms with Crippen molar-refractivity contribution in [1.29, 1.82) is 0 Å². The Balaban J connectivity index is 1.09. The molecule has 5 aromatic heterocycles. The predicted molar refractivity (Wildman–Crippen MR) is 329 cm³/mol. The van der Waals surface area contributed by atoms with Crippen molar-refractivity contribution in [1.82, 2.24) is 43.6 Å². The van der Waals surface area contributed by atoms with Crippen molar-refractivity contribution in [3.8, 4) is 85.4 Å². The summed E-state index contributed by atoms with van der Waals surface area (Å²) in [5.41, 5.74) is 14.3. The van der Waals surface area contributed by atoms with E-state index in [4.69, 9.17) is 29.9 Å². The Morgan fingerprint density at radius 1 is 0.198 bits per heavy atom. The van der Waals surface area contributed by atoms with Crippen LogP contribution in [0, 0.1) is 0 Å². The van der Waals surface area contributed by atoms with Crippen LogP contribution in [0.1, 0.15) is 0 Å². The summed E-state index contributed by atoms with van der Waals surface area (Å²) in [6.07, 6.45) is 0. The summed E-state index contributed by atoms with van der Waals surface area (Å²) in [7, 11) is 0. The molecule has 16 rings (SSSR count). The minimum atomic E-state index is 0.543. The molecule has 0 bridgehead atoms. The van der Waals surface area contributed by atoms with E-state index >= 15 is 0 Å². The lowest BCUT2D eigenvalue weighted by Gasteiger charge is -2.16. The number of fused-ring (bicyclic) bond motifs is 9. The molecular weight excluding hydrogens is 991 g/mol. The van der Waals surface area contributed by atoms with Gasteiger partial charge in [0.1, 0.15) is 0 Å². The lowest BCUT2D eigenvalue weighted by molar-refractivity contribution is 1.06. The van der Waals surface area contributed by atoms with Gasteiger partial charge in [-0.05, 0) is 60.7 Å². The third-order valence-corrected chi connectivity index (χ3v) is 15.5. The van der Waals surface area contributed by atoms with Crippen LogP contribution in [0.3, 0.4) is 0 Å². The maximum absolute atomic E-state index is 5.46. The van der Waals surface area contributed by atoms with Crippen LogP contribution >= 0.6 is 0 Å². The van der Waals surface area contributed by atoms with Gasteiger partial charge in [0.05, 0.1) is 44.5 Å². The molecule has 0 amide bonds. The molecule has 0 saturated heterocycles. The van der Waals surface area contributed by atoms with Crippen molar-refractivity contribution < 1.29 is 0 Å². The Bertz CT molecular complexity index is 4570. The molecule has 0 unspecified atom stereocenters. The fourth-order valence-electron chi connectivity index (χ4n) is 11.9. The summed E-state index contributed by atoms with van der Waals surface area (Å²) in [5, 5.41) is 6.58. The van der Waals surface area contributed by atoms with Crippen LogP contribution in [-0.2, 0) is 0 Å². The Labute approximate surface area is 465 Å². The van der Waals surface area contributed by atoms with Crippen molar-refractivity contribution in [2.45, 2.75) is 0 Å². The van der Waals surface area contributed by atoms with Crippen LogP contribution in [0.5, 0.6) is 0 Å². The quantitative estimate of drug-likeness (QED) is 0.143. The van der Waals surface area contributed by atoms with Crippen molar-refractivity contribution in [3.05, 3.63) is 273 Å². The van der Waals surface area contributed by atoms with Crippen molar-refractivity contribution in [2.24, 2.45) is 0 Å². The van der Waals surface area contributed by atoms with E-state index in [2.05, 4.69) is 214 Å². The molecule has 0 N–H and O–H groups in total. The second kappa shape index (κ2) is 18.8. The van der Waals surface area contributed by atoms with Crippen LogP contribution in [0.2, 0.25) is 0 Å². The highest BCUT2D eigenvalue weighted by molar-refractivity contribution is 6.16. The Kier molecular flexibility index (Phi) is 10.7. The van der Waals surface area contributed by atoms with Gasteiger partial charge in [-0.3, -0.25) is 0 Å². The zero-order valence-electron chi connectivity index (χ0n) is 43.5. The van der Waals surface area contributed by atoms with Gasteiger partial charge in [-0.2, -0.15) is 0 Å². The smallest absolute Gasteiger partial charge is 0.166 e. The molecule has 5 heterocycles. The normalized spacial score (nSPS) is 11.7. The molecule has 0 aliphatic carbocycles. The zero-order chi connectivity index (χ0) is 53.4. The van der Waals surface area contributed by atoms with Gasteiger partial charge in [0.2, 0.25) is 0 Å². The van der Waals surface area contributed by atoms with Crippen LogP contribution < -0.4 is 0 Å². The third kappa shape index (κ3) is 7.62. The summed E-state index contributed by atoms with van der Waals surface area (Å²) in [6.45, 7) is 0. The molecule has 81 heavy (non-hydrogen) atoms. The van der Waals surface area contributed by atoms with Gasteiger partial charge in [0.15, 0.2) is 34.9 Å². The first-order valence-corrected chi connectivity index (χ1v) is 27.1. The number of hydrogen-bond donors (Lipinski definition) is 0. The monoisotopic (exact) mass is 1040 g/mol. The Morgan fingerprint density at radius 2 is 0.457 bits per heavy atom. The summed E-state index contributed by atoms with van der Waals surface area (Å²) in [5.74, 6) is 3.40. The fraction of sp³-hybridized carbons (Fsp3) is 0. The minimum absolute atomic E-state index is 0.543. The molecule has 11 aromatic carbocycles. The van der Waals surface area contributed by atoms with Gasteiger partial charge in [0, 0.05) is 71.4 Å². The van der Waals surface area contributed by atoms with Gasteiger partial charge in [-0.1, -0.05) is 212 Å². The molecule has 0 aliphatic rings. The average Bonchev–Trinajstić information content (AvgIpc) is 4.35. The van der Waals surface area contributed by atoms with E-state index in [1.807, 2.05) is 72.8 Å². The number of benzene rings is 11. The Morgan fingerprint density at radius 3 is 0.765 bits per heavy atom. The lowest BCUT2D eigenvalue weighted by atomic mass is 10.0. The summed E-state index contributed by atoms with van der Waals surface area (Å²) in [4.78, 5) is 32.2. The van der Waals surface area contributed by atoms with Crippen molar-refractivity contribution >= 4 is 65.4 Å². The van der Waals surface area contributed by atoms with E-state index in [-0.39, 0.29) is 0 Å². The van der Waals surface area contributed by atoms with E-state index in [0.29, 0.717) is 34.9 Å². The molecule has 0 fully saturated rings. The average molecular weight is 1040 g/mol. The molecule has 0 spiro atoms. The van der Waals surface area contributed by atoms with E-state index in [0.717, 1.165) is 116 Å².